The fraction of sp³-hybridized carbons (Fsp3) is 0.250. The van der Waals surface area contributed by atoms with E-state index in [2.05, 4.69) is 10.1 Å². The number of benzene rings is 1. The number of carbonyl (C=O) groups excluding carboxylic acids is 3. The zero-order valence-electron chi connectivity index (χ0n) is 10.5. The van der Waals surface area contributed by atoms with Crippen molar-refractivity contribution in [2.24, 2.45) is 0 Å². The van der Waals surface area contributed by atoms with Crippen LogP contribution in [0.4, 0.5) is 9.18 Å². The van der Waals surface area contributed by atoms with Gasteiger partial charge in [-0.25, -0.2) is 14.0 Å². The number of hydrogen-bond donors (Lipinski definition) is 2. The second-order valence-corrected chi connectivity index (χ2v) is 4.02. The van der Waals surface area contributed by atoms with E-state index >= 15 is 0 Å². The van der Waals surface area contributed by atoms with Crippen molar-refractivity contribution in [3.8, 4) is 0 Å². The summed E-state index contributed by atoms with van der Waals surface area (Å²) in [6.45, 7) is 1.38. The topological polar surface area (TPSA) is 84.5 Å². The summed E-state index contributed by atoms with van der Waals surface area (Å²) in [6.07, 6.45) is 0. The number of rotatable bonds is 4. The summed E-state index contributed by atoms with van der Waals surface area (Å²) < 4.78 is 17.4. The first-order valence-corrected chi connectivity index (χ1v) is 6.01. The zero-order chi connectivity index (χ0) is 15.1. The molecule has 1 aromatic rings. The molecule has 0 aliphatic heterocycles. The zero-order valence-corrected chi connectivity index (χ0v) is 11.3. The van der Waals surface area contributed by atoms with Crippen LogP contribution in [0.3, 0.4) is 0 Å². The second kappa shape index (κ2) is 7.44. The molecule has 0 saturated heterocycles. The van der Waals surface area contributed by atoms with Gasteiger partial charge in [0.05, 0.1) is 10.6 Å². The number of carbonyl (C=O) groups is 3. The quantitative estimate of drug-likeness (QED) is 0.825. The van der Waals surface area contributed by atoms with Gasteiger partial charge in [-0.15, -0.1) is 0 Å². The number of urea groups is 1. The number of esters is 1. The smallest absolute Gasteiger partial charge is 0.340 e. The van der Waals surface area contributed by atoms with Crippen LogP contribution < -0.4 is 10.6 Å². The van der Waals surface area contributed by atoms with E-state index in [4.69, 9.17) is 11.6 Å². The van der Waals surface area contributed by atoms with E-state index in [1.165, 1.54) is 0 Å². The Balaban J connectivity index is 2.51. The molecule has 20 heavy (non-hydrogen) atoms. The second-order valence-electron chi connectivity index (χ2n) is 3.61. The van der Waals surface area contributed by atoms with Crippen LogP contribution in [0.25, 0.3) is 0 Å². The van der Waals surface area contributed by atoms with Gasteiger partial charge in [0.25, 0.3) is 5.91 Å². The highest BCUT2D eigenvalue weighted by Crippen LogP contribution is 2.17. The van der Waals surface area contributed by atoms with Crippen LogP contribution in [0, 0.1) is 5.82 Å². The van der Waals surface area contributed by atoms with E-state index in [0.717, 1.165) is 18.2 Å². The van der Waals surface area contributed by atoms with Gasteiger partial charge >= 0.3 is 12.0 Å². The summed E-state index contributed by atoms with van der Waals surface area (Å²) in [5.41, 5.74) is -0.0705. The first kappa shape index (κ1) is 15.9. The number of imide groups is 1. The molecule has 6 nitrogen and oxygen atoms in total. The third-order valence-corrected chi connectivity index (χ3v) is 2.39. The van der Waals surface area contributed by atoms with Gasteiger partial charge in [-0.3, -0.25) is 10.1 Å². The van der Waals surface area contributed by atoms with Gasteiger partial charge in [-0.1, -0.05) is 11.6 Å². The van der Waals surface area contributed by atoms with Crippen molar-refractivity contribution in [3.05, 3.63) is 34.6 Å². The van der Waals surface area contributed by atoms with Crippen LogP contribution in [0.1, 0.15) is 17.3 Å². The van der Waals surface area contributed by atoms with E-state index in [-0.39, 0.29) is 10.6 Å². The summed E-state index contributed by atoms with van der Waals surface area (Å²) in [7, 11) is 0. The lowest BCUT2D eigenvalue weighted by atomic mass is 10.2. The Morgan fingerprint density at radius 2 is 2.05 bits per heavy atom. The minimum atomic E-state index is -0.888. The molecule has 2 N–H and O–H groups in total. The average molecular weight is 303 g/mol. The number of ether oxygens (including phenoxy) is 1. The maximum absolute atomic E-state index is 12.8. The number of halogens is 2. The molecule has 0 aromatic heterocycles. The molecule has 3 amide bonds. The molecule has 108 valence electrons. The van der Waals surface area contributed by atoms with Crippen LogP contribution in [-0.4, -0.2) is 31.1 Å². The van der Waals surface area contributed by atoms with Crippen molar-refractivity contribution in [2.45, 2.75) is 6.92 Å². The van der Waals surface area contributed by atoms with Gasteiger partial charge in [-0.2, -0.15) is 0 Å². The first-order chi connectivity index (χ1) is 9.43. The molecule has 0 atom stereocenters. The van der Waals surface area contributed by atoms with Crippen LogP contribution in [0.5, 0.6) is 0 Å². The highest BCUT2D eigenvalue weighted by atomic mass is 35.5. The fourth-order valence-corrected chi connectivity index (χ4v) is 1.48. The molecule has 0 saturated carbocycles. The molecule has 8 heteroatoms. The highest BCUT2D eigenvalue weighted by Gasteiger charge is 2.15. The summed E-state index contributed by atoms with van der Waals surface area (Å²) in [5, 5.41) is 4.16. The van der Waals surface area contributed by atoms with Crippen molar-refractivity contribution in [3.63, 3.8) is 0 Å². The van der Waals surface area contributed by atoms with E-state index in [1.807, 2.05) is 5.32 Å². The highest BCUT2D eigenvalue weighted by molar-refractivity contribution is 6.33. The Kier molecular flexibility index (Phi) is 5.92. The van der Waals surface area contributed by atoms with Crippen molar-refractivity contribution < 1.29 is 23.5 Å². The first-order valence-electron chi connectivity index (χ1n) is 5.64. The molecular weight excluding hydrogens is 291 g/mol. The van der Waals surface area contributed by atoms with E-state index in [1.54, 1.807) is 6.92 Å². The van der Waals surface area contributed by atoms with Crippen LogP contribution in [0.2, 0.25) is 5.02 Å². The molecule has 0 bridgehead atoms. The molecule has 0 heterocycles. The van der Waals surface area contributed by atoms with Gasteiger partial charge < -0.3 is 10.1 Å². The molecule has 0 unspecified atom stereocenters. The Labute approximate surface area is 119 Å². The van der Waals surface area contributed by atoms with Crippen molar-refractivity contribution in [1.29, 1.82) is 0 Å². The molecule has 0 aliphatic rings. The SMILES string of the molecule is CCNC(=O)NC(=O)COC(=O)c1ccc(F)cc1Cl. The lowest BCUT2D eigenvalue weighted by Gasteiger charge is -2.07. The van der Waals surface area contributed by atoms with E-state index in [9.17, 15) is 18.8 Å². The molecule has 1 rings (SSSR count). The predicted molar refractivity (Wildman–Crippen MR) is 68.9 cm³/mol. The lowest BCUT2D eigenvalue weighted by Crippen LogP contribution is -2.41. The summed E-state index contributed by atoms with van der Waals surface area (Å²) >= 11 is 5.66. The molecular formula is C12H12ClFN2O4. The van der Waals surface area contributed by atoms with E-state index < -0.39 is 30.3 Å². The standard InChI is InChI=1S/C12H12ClFN2O4/c1-2-15-12(19)16-10(17)6-20-11(18)8-4-3-7(14)5-9(8)13/h3-5H,2,6H2,1H3,(H2,15,16,17,19). The third-order valence-electron chi connectivity index (χ3n) is 2.08. The monoisotopic (exact) mass is 302 g/mol. The Bertz CT molecular complexity index is 536. The molecule has 0 spiro atoms. The van der Waals surface area contributed by atoms with Gasteiger partial charge in [0, 0.05) is 6.54 Å². The van der Waals surface area contributed by atoms with Crippen molar-refractivity contribution >= 4 is 29.5 Å². The van der Waals surface area contributed by atoms with Crippen LogP contribution in [-0.2, 0) is 9.53 Å². The maximum Gasteiger partial charge on any atom is 0.340 e. The Hall–Kier alpha value is -2.15. The van der Waals surface area contributed by atoms with E-state index in [0.29, 0.717) is 6.54 Å². The fourth-order valence-electron chi connectivity index (χ4n) is 1.23. The predicted octanol–water partition coefficient (Wildman–Crippen LogP) is 1.48. The number of amides is 3. The summed E-state index contributed by atoms with van der Waals surface area (Å²) in [6, 6.07) is 2.44. The molecule has 0 fully saturated rings. The van der Waals surface area contributed by atoms with Crippen LogP contribution in [0.15, 0.2) is 18.2 Å². The molecule has 0 radical (unpaired) electrons. The number of hydrogen-bond acceptors (Lipinski definition) is 4. The van der Waals surface area contributed by atoms with Crippen molar-refractivity contribution in [1.82, 2.24) is 10.6 Å². The lowest BCUT2D eigenvalue weighted by molar-refractivity contribution is -0.123. The molecule has 0 aliphatic carbocycles. The maximum atomic E-state index is 12.8. The number of nitrogens with one attached hydrogen (secondary N) is 2. The third kappa shape index (κ3) is 4.85. The Morgan fingerprint density at radius 3 is 2.65 bits per heavy atom. The normalized spacial score (nSPS) is 9.75. The minimum Gasteiger partial charge on any atom is -0.452 e. The van der Waals surface area contributed by atoms with Crippen LogP contribution >= 0.6 is 11.6 Å². The summed E-state index contributed by atoms with van der Waals surface area (Å²) in [5.74, 6) is -2.27. The largest absolute Gasteiger partial charge is 0.452 e. The minimum absolute atomic E-state index is 0.0705. The van der Waals surface area contributed by atoms with Crippen molar-refractivity contribution in [2.75, 3.05) is 13.2 Å². The van der Waals surface area contributed by atoms with Gasteiger partial charge in [0.1, 0.15) is 5.82 Å². The van der Waals surface area contributed by atoms with Gasteiger partial charge in [0.2, 0.25) is 0 Å². The van der Waals surface area contributed by atoms with Gasteiger partial charge in [-0.05, 0) is 25.1 Å². The summed E-state index contributed by atoms with van der Waals surface area (Å²) in [4.78, 5) is 33.9. The average Bonchev–Trinajstić information content (AvgIpc) is 2.36. The van der Waals surface area contributed by atoms with Gasteiger partial charge in [0.15, 0.2) is 6.61 Å². The molecule has 1 aromatic carbocycles. The Morgan fingerprint density at radius 1 is 1.35 bits per heavy atom.